The van der Waals surface area contributed by atoms with E-state index in [1.807, 2.05) is 12.1 Å². The highest BCUT2D eigenvalue weighted by molar-refractivity contribution is 5.57. The van der Waals surface area contributed by atoms with Gasteiger partial charge in [0.25, 0.3) is 0 Å². The zero-order valence-corrected chi connectivity index (χ0v) is 14.7. The number of methoxy groups -OCH3 is 1. The number of aromatic hydroxyl groups is 1. The number of allylic oxidation sites excluding steroid dienone is 2. The molecule has 2 aromatic rings. The maximum Gasteiger partial charge on any atom is 0.138 e. The van der Waals surface area contributed by atoms with E-state index in [9.17, 15) is 5.11 Å². The lowest BCUT2D eigenvalue weighted by Gasteiger charge is -2.27. The summed E-state index contributed by atoms with van der Waals surface area (Å²) in [5.74, 6) is 2.83. The molecule has 0 amide bonds. The van der Waals surface area contributed by atoms with Crippen molar-refractivity contribution in [3.05, 3.63) is 58.7 Å². The lowest BCUT2D eigenvalue weighted by molar-refractivity contribution is 0.138. The molecule has 0 aromatic heterocycles. The van der Waals surface area contributed by atoms with E-state index in [1.165, 1.54) is 11.1 Å². The summed E-state index contributed by atoms with van der Waals surface area (Å²) in [4.78, 5) is 0. The Morgan fingerprint density at radius 1 is 1.24 bits per heavy atom. The summed E-state index contributed by atoms with van der Waals surface area (Å²) < 4.78 is 17.9. The van der Waals surface area contributed by atoms with Gasteiger partial charge in [0.1, 0.15) is 29.1 Å². The van der Waals surface area contributed by atoms with Gasteiger partial charge in [0, 0.05) is 22.8 Å². The Morgan fingerprint density at radius 3 is 2.80 bits per heavy atom. The Balaban J connectivity index is 1.78. The molecular formula is C21H22O4. The fraction of sp³-hybridized carbons (Fsp3) is 0.333. The number of hydrogen-bond donors (Lipinski definition) is 1. The van der Waals surface area contributed by atoms with E-state index in [0.29, 0.717) is 12.4 Å². The molecule has 130 valence electrons. The maximum atomic E-state index is 9.69. The maximum absolute atomic E-state index is 9.69. The second-order valence-corrected chi connectivity index (χ2v) is 6.83. The van der Waals surface area contributed by atoms with Gasteiger partial charge in [-0.15, -0.1) is 0 Å². The van der Waals surface area contributed by atoms with Crippen molar-refractivity contribution in [2.24, 2.45) is 0 Å². The minimum atomic E-state index is -0.0862. The molecule has 25 heavy (non-hydrogen) atoms. The molecule has 0 radical (unpaired) electrons. The Labute approximate surface area is 147 Å². The summed E-state index contributed by atoms with van der Waals surface area (Å²) in [6.07, 6.45) is 2.88. The molecule has 2 aliphatic rings. The van der Waals surface area contributed by atoms with E-state index in [4.69, 9.17) is 14.2 Å². The van der Waals surface area contributed by atoms with Gasteiger partial charge in [0.15, 0.2) is 0 Å². The van der Waals surface area contributed by atoms with Crippen LogP contribution in [0.15, 0.2) is 42.0 Å². The minimum absolute atomic E-state index is 0.0862. The number of hydrogen-bond acceptors (Lipinski definition) is 4. The molecule has 2 atom stereocenters. The van der Waals surface area contributed by atoms with Crippen LogP contribution in [0.2, 0.25) is 0 Å². The number of fused-ring (bicyclic) bond motifs is 5. The molecule has 0 unspecified atom stereocenters. The lowest BCUT2D eigenvalue weighted by Crippen LogP contribution is -2.22. The van der Waals surface area contributed by atoms with Crippen LogP contribution in [0.5, 0.6) is 23.0 Å². The van der Waals surface area contributed by atoms with Crippen molar-refractivity contribution < 1.29 is 19.3 Å². The average Bonchev–Trinajstić information content (AvgIpc) is 2.98. The predicted octanol–water partition coefficient (Wildman–Crippen LogP) is 4.52. The molecule has 2 aliphatic heterocycles. The normalized spacial score (nSPS) is 19.8. The van der Waals surface area contributed by atoms with E-state index < -0.39 is 0 Å². The third-order valence-corrected chi connectivity index (χ3v) is 4.91. The first-order valence-corrected chi connectivity index (χ1v) is 8.54. The zero-order valence-electron chi connectivity index (χ0n) is 14.7. The first kappa shape index (κ1) is 15.9. The molecule has 4 heteroatoms. The fourth-order valence-electron chi connectivity index (χ4n) is 3.64. The highest BCUT2D eigenvalue weighted by Gasteiger charge is 2.42. The third-order valence-electron chi connectivity index (χ3n) is 4.91. The van der Waals surface area contributed by atoms with Gasteiger partial charge in [-0.25, -0.2) is 0 Å². The van der Waals surface area contributed by atoms with Crippen molar-refractivity contribution in [3.63, 3.8) is 0 Å². The van der Waals surface area contributed by atoms with Gasteiger partial charge in [0.05, 0.1) is 19.6 Å². The quantitative estimate of drug-likeness (QED) is 0.836. The van der Waals surface area contributed by atoms with E-state index in [1.54, 1.807) is 19.2 Å². The molecule has 0 saturated heterocycles. The summed E-state index contributed by atoms with van der Waals surface area (Å²) >= 11 is 0. The summed E-state index contributed by atoms with van der Waals surface area (Å²) in [6, 6.07) is 9.33. The number of rotatable bonds is 3. The first-order chi connectivity index (χ1) is 12.1. The summed E-state index contributed by atoms with van der Waals surface area (Å²) in [5, 5.41) is 9.69. The molecule has 1 N–H and O–H groups in total. The lowest BCUT2D eigenvalue weighted by atomic mass is 9.88. The monoisotopic (exact) mass is 338 g/mol. The number of phenolic OH excluding ortho intramolecular Hbond substituents is 1. The second-order valence-electron chi connectivity index (χ2n) is 6.83. The molecule has 2 heterocycles. The van der Waals surface area contributed by atoms with E-state index >= 15 is 0 Å². The first-order valence-electron chi connectivity index (χ1n) is 8.54. The predicted molar refractivity (Wildman–Crippen MR) is 95.8 cm³/mol. The van der Waals surface area contributed by atoms with Crippen molar-refractivity contribution in [2.75, 3.05) is 13.7 Å². The van der Waals surface area contributed by atoms with E-state index in [0.717, 1.165) is 29.0 Å². The summed E-state index contributed by atoms with van der Waals surface area (Å²) in [7, 11) is 1.69. The van der Waals surface area contributed by atoms with Crippen molar-refractivity contribution >= 4 is 0 Å². The molecule has 4 nitrogen and oxygen atoms in total. The van der Waals surface area contributed by atoms with Crippen molar-refractivity contribution in [1.82, 2.24) is 0 Å². The smallest absolute Gasteiger partial charge is 0.138 e. The topological polar surface area (TPSA) is 47.9 Å². The van der Waals surface area contributed by atoms with Crippen molar-refractivity contribution in [2.45, 2.75) is 32.3 Å². The van der Waals surface area contributed by atoms with Crippen LogP contribution in [0.25, 0.3) is 0 Å². The van der Waals surface area contributed by atoms with Crippen LogP contribution in [0, 0.1) is 0 Å². The van der Waals surface area contributed by atoms with Crippen LogP contribution in [0.1, 0.15) is 42.6 Å². The number of ether oxygens (including phenoxy) is 3. The fourth-order valence-corrected chi connectivity index (χ4v) is 3.64. The van der Waals surface area contributed by atoms with Gasteiger partial charge in [-0.2, -0.15) is 0 Å². The minimum Gasteiger partial charge on any atom is -0.508 e. The van der Waals surface area contributed by atoms with E-state index in [2.05, 4.69) is 26.0 Å². The molecular weight excluding hydrogens is 316 g/mol. The largest absolute Gasteiger partial charge is 0.508 e. The molecule has 0 saturated carbocycles. The molecule has 0 fully saturated rings. The molecule has 0 bridgehead atoms. The molecule has 2 aromatic carbocycles. The Hall–Kier alpha value is -2.62. The second kappa shape index (κ2) is 6.03. The van der Waals surface area contributed by atoms with Crippen LogP contribution >= 0.6 is 0 Å². The van der Waals surface area contributed by atoms with Crippen LogP contribution in [-0.2, 0) is 6.42 Å². The summed E-state index contributed by atoms with van der Waals surface area (Å²) in [5.41, 5.74) is 4.49. The Morgan fingerprint density at radius 2 is 2.04 bits per heavy atom. The van der Waals surface area contributed by atoms with Crippen molar-refractivity contribution in [3.8, 4) is 23.0 Å². The average molecular weight is 338 g/mol. The van der Waals surface area contributed by atoms with Gasteiger partial charge in [-0.05, 0) is 38.5 Å². The van der Waals surface area contributed by atoms with Gasteiger partial charge in [-0.3, -0.25) is 0 Å². The highest BCUT2D eigenvalue weighted by atomic mass is 16.5. The van der Waals surface area contributed by atoms with Crippen LogP contribution in [-0.4, -0.2) is 18.8 Å². The van der Waals surface area contributed by atoms with Gasteiger partial charge < -0.3 is 19.3 Å². The van der Waals surface area contributed by atoms with Crippen LogP contribution in [0.4, 0.5) is 0 Å². The SMILES string of the molecule is COc1ccc2c(c1CC=C(C)C)O[C@H]1c3ccc(O)cc3OC[C@@H]21. The summed E-state index contributed by atoms with van der Waals surface area (Å²) in [6.45, 7) is 4.72. The van der Waals surface area contributed by atoms with Gasteiger partial charge in [-0.1, -0.05) is 17.7 Å². The zero-order chi connectivity index (χ0) is 17.6. The van der Waals surface area contributed by atoms with E-state index in [-0.39, 0.29) is 17.8 Å². The van der Waals surface area contributed by atoms with Crippen LogP contribution < -0.4 is 14.2 Å². The van der Waals surface area contributed by atoms with Crippen LogP contribution in [0.3, 0.4) is 0 Å². The number of phenols is 1. The number of benzene rings is 2. The third kappa shape index (κ3) is 2.62. The van der Waals surface area contributed by atoms with Crippen molar-refractivity contribution in [1.29, 1.82) is 0 Å². The van der Waals surface area contributed by atoms with Gasteiger partial charge in [0.2, 0.25) is 0 Å². The molecule has 4 rings (SSSR count). The van der Waals surface area contributed by atoms with Gasteiger partial charge >= 0.3 is 0 Å². The molecule has 0 spiro atoms. The Bertz CT molecular complexity index is 849. The Kier molecular flexibility index (Phi) is 3.83. The molecule has 0 aliphatic carbocycles. The highest BCUT2D eigenvalue weighted by Crippen LogP contribution is 2.53. The standard InChI is InChI=1S/C21H22O4/c1-12(2)4-6-15-18(23-3)9-8-14-17-11-24-19-10-13(22)5-7-16(19)21(17)25-20(14)15/h4-5,7-10,17,21-22H,6,11H2,1-3H3/t17-,21-/m0/s1.